The number of fused-ring (bicyclic) bond motifs is 4. The van der Waals surface area contributed by atoms with Gasteiger partial charge in [0.05, 0.1) is 18.2 Å². The Morgan fingerprint density at radius 1 is 0.641 bits per heavy atom. The lowest BCUT2D eigenvalue weighted by atomic mass is 9.66. The van der Waals surface area contributed by atoms with Gasteiger partial charge in [0.25, 0.3) is 0 Å². The smallest absolute Gasteiger partial charge is 0.221 e. The molecule has 1 atom stereocenters. The maximum atomic E-state index is 15.7. The number of Topliss-reactive ketones (excluding diaryl/α,β-unsaturated/α-hetero) is 1. The summed E-state index contributed by atoms with van der Waals surface area (Å²) in [5.41, 5.74) is 4.15. The van der Waals surface area contributed by atoms with Crippen LogP contribution in [0.4, 0.5) is 22.7 Å². The lowest BCUT2D eigenvalue weighted by molar-refractivity contribution is -0.116. The van der Waals surface area contributed by atoms with Gasteiger partial charge in [0.2, 0.25) is 17.5 Å². The van der Waals surface area contributed by atoms with Gasteiger partial charge in [-0.05, 0) is 106 Å². The van der Waals surface area contributed by atoms with Gasteiger partial charge in [-0.15, -0.1) is 0 Å². The molecule has 0 saturated carbocycles. The molecule has 9 nitrogen and oxygen atoms in total. The number of carbonyl (C=O) groups is 3. The molecular formula is C55H59N6O3-. The summed E-state index contributed by atoms with van der Waals surface area (Å²) in [6, 6.07) is 28.6. The number of amides is 2. The molecule has 1 aliphatic rings. The number of ketones is 1. The van der Waals surface area contributed by atoms with Crippen molar-refractivity contribution in [3.63, 3.8) is 0 Å². The molecule has 7 rings (SSSR count). The van der Waals surface area contributed by atoms with Gasteiger partial charge < -0.3 is 25.8 Å². The Bertz CT molecular complexity index is 2900. The fourth-order valence-corrected chi connectivity index (χ4v) is 9.40. The lowest BCUT2D eigenvalue weighted by Crippen LogP contribution is -2.32. The predicted molar refractivity (Wildman–Crippen MR) is 269 cm³/mol. The van der Waals surface area contributed by atoms with Crippen molar-refractivity contribution in [2.45, 2.75) is 98.8 Å². The van der Waals surface area contributed by atoms with Crippen molar-refractivity contribution in [2.24, 2.45) is 0 Å². The van der Waals surface area contributed by atoms with Crippen LogP contribution < -0.4 is 20.4 Å². The number of hydrogen-bond acceptors (Lipinski definition) is 5. The van der Waals surface area contributed by atoms with Crippen molar-refractivity contribution >= 4 is 94.9 Å². The van der Waals surface area contributed by atoms with Gasteiger partial charge in [-0.1, -0.05) is 102 Å². The molecule has 0 radical (unpaired) electrons. The molecule has 0 spiro atoms. The molecule has 0 aromatic heterocycles. The van der Waals surface area contributed by atoms with Crippen molar-refractivity contribution in [1.29, 1.82) is 0 Å². The molecule has 328 valence electrons. The Morgan fingerprint density at radius 2 is 1.05 bits per heavy atom. The third-order valence-electron chi connectivity index (χ3n) is 12.5. The molecule has 2 N–H and O–H groups in total. The van der Waals surface area contributed by atoms with E-state index in [1.807, 2.05) is 48.5 Å². The van der Waals surface area contributed by atoms with E-state index in [0.29, 0.717) is 22.5 Å². The van der Waals surface area contributed by atoms with Crippen LogP contribution in [0.5, 0.6) is 0 Å². The molecule has 0 aliphatic heterocycles. The second-order valence-corrected chi connectivity index (χ2v) is 17.1. The van der Waals surface area contributed by atoms with Crippen molar-refractivity contribution in [2.75, 3.05) is 46.6 Å². The summed E-state index contributed by atoms with van der Waals surface area (Å²) in [5.74, 6) is 0.194. The molecule has 0 saturated heterocycles. The first kappa shape index (κ1) is 45.3. The Kier molecular flexibility index (Phi) is 14.3. The highest BCUT2D eigenvalue weighted by molar-refractivity contribution is 6.39. The van der Waals surface area contributed by atoms with Crippen LogP contribution in [0.2, 0.25) is 0 Å². The number of carbonyl (C=O) groups excluding carboxylic acids is 3. The van der Waals surface area contributed by atoms with Crippen LogP contribution in [-0.2, 0) is 14.4 Å². The number of hydrogen-bond donors (Lipinski definition) is 2. The minimum absolute atomic E-state index is 0.210. The van der Waals surface area contributed by atoms with E-state index in [1.54, 1.807) is 0 Å². The molecule has 6 aromatic rings. The summed E-state index contributed by atoms with van der Waals surface area (Å²) in [6.07, 6.45) is 7.96. The molecule has 1 unspecified atom stereocenters. The second-order valence-electron chi connectivity index (χ2n) is 17.1. The zero-order valence-electron chi connectivity index (χ0n) is 38.2. The van der Waals surface area contributed by atoms with Gasteiger partial charge >= 0.3 is 0 Å². The molecule has 0 heterocycles. The quantitative estimate of drug-likeness (QED) is 0.0479. The van der Waals surface area contributed by atoms with E-state index in [0.717, 1.165) is 132 Å². The summed E-state index contributed by atoms with van der Waals surface area (Å²) in [6.45, 7) is 23.3. The monoisotopic (exact) mass is 851 g/mol. The maximum Gasteiger partial charge on any atom is 0.221 e. The van der Waals surface area contributed by atoms with Crippen LogP contribution in [0, 0.1) is 6.57 Å². The van der Waals surface area contributed by atoms with Gasteiger partial charge in [-0.3, -0.25) is 20.3 Å². The zero-order chi connectivity index (χ0) is 45.5. The van der Waals surface area contributed by atoms with Crippen LogP contribution in [-0.4, -0.2) is 49.6 Å². The number of allylic oxidation sites excluding steroid dienone is 2. The highest BCUT2D eigenvalue weighted by Gasteiger charge is 2.46. The minimum atomic E-state index is -1.07. The SMILES string of the molecule is [C-]#[N+]C(=C=[N-])C1=C(c2c(NC(C)=O)cc(N(CCCC)CCCC)c3cc4ccccc4cc23)C(=O)C1c1c(NC(C)=O)cc(N(CCCC)CCCC)c2cc3ccccc3cc12. The van der Waals surface area contributed by atoms with Crippen LogP contribution >= 0.6 is 0 Å². The molecule has 0 fully saturated rings. The maximum absolute atomic E-state index is 15.7. The van der Waals surface area contributed by atoms with Gasteiger partial charge in [0.1, 0.15) is 0 Å². The van der Waals surface area contributed by atoms with Gasteiger partial charge in [0, 0.05) is 79.0 Å². The van der Waals surface area contributed by atoms with Gasteiger partial charge in [0.15, 0.2) is 5.78 Å². The third-order valence-corrected chi connectivity index (χ3v) is 12.5. The topological polar surface area (TPSA) is 108 Å². The van der Waals surface area contributed by atoms with Gasteiger partial charge in [-0.25, -0.2) is 4.85 Å². The molecular weight excluding hydrogens is 793 g/mol. The van der Waals surface area contributed by atoms with Crippen molar-refractivity contribution < 1.29 is 14.4 Å². The zero-order valence-corrected chi connectivity index (χ0v) is 38.2. The minimum Gasteiger partial charge on any atom is -0.775 e. The van der Waals surface area contributed by atoms with Crippen molar-refractivity contribution in [1.82, 2.24) is 0 Å². The average molecular weight is 852 g/mol. The van der Waals surface area contributed by atoms with Crippen LogP contribution in [0.3, 0.4) is 0 Å². The largest absolute Gasteiger partial charge is 0.775 e. The molecule has 6 aromatic carbocycles. The number of benzene rings is 6. The fourth-order valence-electron chi connectivity index (χ4n) is 9.40. The Hall–Kier alpha value is -6.75. The predicted octanol–water partition coefficient (Wildman–Crippen LogP) is 13.2. The Morgan fingerprint density at radius 3 is 1.47 bits per heavy atom. The lowest BCUT2D eigenvalue weighted by Gasteiger charge is -2.37. The molecule has 9 heteroatoms. The Balaban J connectivity index is 1.61. The van der Waals surface area contributed by atoms with Crippen LogP contribution in [0.25, 0.3) is 58.9 Å². The molecule has 1 aliphatic carbocycles. The average Bonchev–Trinajstić information content (AvgIpc) is 3.29. The third kappa shape index (κ3) is 8.89. The summed E-state index contributed by atoms with van der Waals surface area (Å²) in [4.78, 5) is 50.6. The van der Waals surface area contributed by atoms with E-state index in [2.05, 4.69) is 95.2 Å². The first-order valence-corrected chi connectivity index (χ1v) is 23.1. The highest BCUT2D eigenvalue weighted by Crippen LogP contribution is 2.56. The van der Waals surface area contributed by atoms with E-state index in [9.17, 15) is 15.0 Å². The molecule has 0 bridgehead atoms. The molecule has 64 heavy (non-hydrogen) atoms. The number of nitrogens with one attached hydrogen (secondary N) is 2. The standard InChI is InChI=1S/C55H59N6O3/c1-8-12-24-60(25-13-9-2)48-32-45(58-35(5)62)50(43-30-39-22-18-16-20-37(39)28-41(43)48)53-52(47(34-56)57-7)54(55(53)64)51-44-31-40-23-19-17-21-38(40)29-42(44)49(33-46(51)59-36(6)63)61(26-14-10-3)27-15-11-4/h16-23,28-33,53H,8-15,24-27H2,1-6H3,(H,58,62)(H,59,63)/q-1. The Labute approximate surface area is 377 Å². The number of nitrogens with zero attached hydrogens (tertiary/aromatic N) is 4. The molecule has 2 amide bonds. The van der Waals surface area contributed by atoms with E-state index >= 15 is 4.79 Å². The first-order chi connectivity index (χ1) is 31.1. The van der Waals surface area contributed by atoms with E-state index < -0.39 is 5.92 Å². The van der Waals surface area contributed by atoms with Crippen LogP contribution in [0.15, 0.2) is 96.2 Å². The van der Waals surface area contributed by atoms with E-state index in [1.165, 1.54) is 13.8 Å². The highest BCUT2D eigenvalue weighted by atomic mass is 16.2. The second kappa shape index (κ2) is 20.2. The number of unbranched alkanes of at least 4 members (excludes halogenated alkanes) is 4. The van der Waals surface area contributed by atoms with Crippen molar-refractivity contribution in [3.05, 3.63) is 124 Å². The van der Waals surface area contributed by atoms with E-state index in [-0.39, 0.29) is 34.4 Å². The summed E-state index contributed by atoms with van der Waals surface area (Å²) in [7, 11) is 0. The number of rotatable bonds is 19. The normalized spacial score (nSPS) is 13.5. The fraction of sp³-hybridized carbons (Fsp3) is 0.345. The van der Waals surface area contributed by atoms with Crippen molar-refractivity contribution in [3.8, 4) is 0 Å². The summed E-state index contributed by atoms with van der Waals surface area (Å²) < 4.78 is 0. The van der Waals surface area contributed by atoms with Gasteiger partial charge in [-0.2, -0.15) is 0 Å². The first-order valence-electron chi connectivity index (χ1n) is 23.1. The summed E-state index contributed by atoms with van der Waals surface area (Å²) >= 11 is 0. The van der Waals surface area contributed by atoms with Crippen LogP contribution in [0.1, 0.15) is 110 Å². The summed E-state index contributed by atoms with van der Waals surface area (Å²) in [5, 5.41) is 24.3. The van der Waals surface area contributed by atoms with E-state index in [4.69, 9.17) is 6.57 Å². The number of anilines is 4.